The number of amides is 3. The molecule has 10 heteroatoms. The van der Waals surface area contributed by atoms with E-state index in [1.807, 2.05) is 67.0 Å². The number of imidazole rings is 1. The summed E-state index contributed by atoms with van der Waals surface area (Å²) < 4.78 is 7.53. The second-order valence-electron chi connectivity index (χ2n) is 9.34. The summed E-state index contributed by atoms with van der Waals surface area (Å²) in [6.45, 7) is 3.94. The van der Waals surface area contributed by atoms with Gasteiger partial charge in [-0.05, 0) is 50.1 Å². The third-order valence-electron chi connectivity index (χ3n) is 6.04. The van der Waals surface area contributed by atoms with Gasteiger partial charge >= 0.3 is 6.03 Å². The van der Waals surface area contributed by atoms with E-state index in [0.29, 0.717) is 28.8 Å². The van der Waals surface area contributed by atoms with E-state index in [2.05, 4.69) is 27.0 Å². The number of nitrogens with one attached hydrogen (secondary N) is 3. The first-order valence-electron chi connectivity index (χ1n) is 12.6. The summed E-state index contributed by atoms with van der Waals surface area (Å²) in [5.41, 5.74) is 4.59. The highest BCUT2D eigenvalue weighted by Gasteiger charge is 2.18. The topological polar surface area (TPSA) is 121 Å². The molecule has 0 aliphatic rings. The highest BCUT2D eigenvalue weighted by Crippen LogP contribution is 2.22. The SMILES string of the molecule is [B]c1cccn2cc(-c3ccc(C[C@@H](CNC(=O)NC)NC(=O)c4ccc(OC(C)C)c(C#N)c4)cc3)nc12. The lowest BCUT2D eigenvalue weighted by Gasteiger charge is -2.20. The Morgan fingerprint density at radius 3 is 2.59 bits per heavy atom. The Morgan fingerprint density at radius 2 is 1.92 bits per heavy atom. The first-order valence-corrected chi connectivity index (χ1v) is 12.6. The van der Waals surface area contributed by atoms with Crippen molar-refractivity contribution in [2.45, 2.75) is 32.4 Å². The minimum Gasteiger partial charge on any atom is -0.490 e. The number of aromatic nitrogens is 2. The van der Waals surface area contributed by atoms with Crippen LogP contribution in [0.5, 0.6) is 5.75 Å². The van der Waals surface area contributed by atoms with Crippen LogP contribution in [-0.2, 0) is 6.42 Å². The number of ether oxygens (including phenoxy) is 1. The van der Waals surface area contributed by atoms with E-state index in [9.17, 15) is 14.9 Å². The molecule has 0 saturated heterocycles. The molecule has 196 valence electrons. The summed E-state index contributed by atoms with van der Waals surface area (Å²) in [4.78, 5) is 29.6. The molecule has 0 aliphatic heterocycles. The Balaban J connectivity index is 1.50. The number of rotatable bonds is 9. The van der Waals surface area contributed by atoms with E-state index < -0.39 is 6.04 Å². The zero-order valence-corrected chi connectivity index (χ0v) is 22.1. The Bertz CT molecular complexity index is 1520. The van der Waals surface area contributed by atoms with Crippen LogP contribution in [0, 0.1) is 11.3 Å². The zero-order valence-electron chi connectivity index (χ0n) is 22.1. The number of hydrogen-bond donors (Lipinski definition) is 3. The van der Waals surface area contributed by atoms with Crippen LogP contribution in [0.3, 0.4) is 0 Å². The Morgan fingerprint density at radius 1 is 1.15 bits per heavy atom. The third kappa shape index (κ3) is 6.76. The van der Waals surface area contributed by atoms with Crippen molar-refractivity contribution >= 4 is 30.9 Å². The summed E-state index contributed by atoms with van der Waals surface area (Å²) in [5, 5.41) is 17.8. The Labute approximate surface area is 228 Å². The molecule has 2 aromatic carbocycles. The van der Waals surface area contributed by atoms with Gasteiger partial charge in [0.05, 0.1) is 23.4 Å². The maximum atomic E-state index is 13.1. The van der Waals surface area contributed by atoms with Gasteiger partial charge in [-0.2, -0.15) is 5.26 Å². The average molecular weight is 520 g/mol. The number of carbonyl (C=O) groups excluding carboxylic acids is 2. The van der Waals surface area contributed by atoms with Crippen LogP contribution in [0.25, 0.3) is 16.9 Å². The van der Waals surface area contributed by atoms with Gasteiger partial charge in [0, 0.05) is 37.1 Å². The molecular formula is C29H29BN6O3. The van der Waals surface area contributed by atoms with E-state index >= 15 is 0 Å². The number of fused-ring (bicyclic) bond motifs is 1. The second-order valence-corrected chi connectivity index (χ2v) is 9.34. The summed E-state index contributed by atoms with van der Waals surface area (Å²) in [6, 6.07) is 17.6. The van der Waals surface area contributed by atoms with Crippen molar-refractivity contribution in [2.24, 2.45) is 0 Å². The quantitative estimate of drug-likeness (QED) is 0.293. The number of hydrogen-bond acceptors (Lipinski definition) is 5. The Kier molecular flexibility index (Phi) is 8.51. The highest BCUT2D eigenvalue weighted by atomic mass is 16.5. The van der Waals surface area contributed by atoms with Crippen molar-refractivity contribution < 1.29 is 14.3 Å². The molecule has 2 radical (unpaired) electrons. The van der Waals surface area contributed by atoms with Gasteiger partial charge in [0.25, 0.3) is 5.91 Å². The van der Waals surface area contributed by atoms with Crippen molar-refractivity contribution in [3.63, 3.8) is 0 Å². The van der Waals surface area contributed by atoms with Gasteiger partial charge in [0.2, 0.25) is 0 Å². The molecule has 0 unspecified atom stereocenters. The van der Waals surface area contributed by atoms with Crippen molar-refractivity contribution in [2.75, 3.05) is 13.6 Å². The van der Waals surface area contributed by atoms with Gasteiger partial charge < -0.3 is 25.1 Å². The fraction of sp³-hybridized carbons (Fsp3) is 0.241. The summed E-state index contributed by atoms with van der Waals surface area (Å²) in [7, 11) is 7.56. The van der Waals surface area contributed by atoms with Crippen molar-refractivity contribution in [3.05, 3.63) is 83.7 Å². The lowest BCUT2D eigenvalue weighted by Crippen LogP contribution is -2.46. The zero-order chi connectivity index (χ0) is 27.9. The molecule has 3 N–H and O–H groups in total. The van der Waals surface area contributed by atoms with Gasteiger partial charge in [-0.3, -0.25) is 4.79 Å². The molecule has 2 aromatic heterocycles. The van der Waals surface area contributed by atoms with Crippen LogP contribution in [-0.4, -0.2) is 54.9 Å². The second kappa shape index (κ2) is 12.2. The number of benzene rings is 2. The van der Waals surface area contributed by atoms with Gasteiger partial charge in [-0.15, -0.1) is 0 Å². The number of carbonyl (C=O) groups is 2. The lowest BCUT2D eigenvalue weighted by molar-refractivity contribution is 0.0936. The standard InChI is InChI=1S/C29H29BN6O3/c1-18(2)39-26-11-10-21(14-22(26)15-31)28(37)34-23(16-33-29(38)32-3)13-19-6-8-20(9-7-19)25-17-36-12-4-5-24(30)27(36)35-25/h4-12,14,17-18,23H,13,16H2,1-3H3,(H,34,37)(H2,32,33,38)/t23-/m0/s1. The van der Waals surface area contributed by atoms with Crippen LogP contribution in [0.1, 0.15) is 35.3 Å². The number of nitrogens with zero attached hydrogens (tertiary/aromatic N) is 3. The van der Waals surface area contributed by atoms with Crippen molar-refractivity contribution in [1.82, 2.24) is 25.3 Å². The van der Waals surface area contributed by atoms with Gasteiger partial charge in [0.15, 0.2) is 0 Å². The molecule has 4 aromatic rings. The largest absolute Gasteiger partial charge is 0.490 e. The Hall–Kier alpha value is -4.78. The molecule has 0 aliphatic carbocycles. The third-order valence-corrected chi connectivity index (χ3v) is 6.04. The fourth-order valence-electron chi connectivity index (χ4n) is 4.13. The van der Waals surface area contributed by atoms with Crippen LogP contribution in [0.4, 0.5) is 4.79 Å². The first kappa shape index (κ1) is 27.3. The summed E-state index contributed by atoms with van der Waals surface area (Å²) >= 11 is 0. The number of nitriles is 1. The van der Waals surface area contributed by atoms with E-state index in [1.165, 1.54) is 13.1 Å². The monoisotopic (exact) mass is 520 g/mol. The molecule has 9 nitrogen and oxygen atoms in total. The summed E-state index contributed by atoms with van der Waals surface area (Å²) in [6.07, 6.45) is 4.18. The maximum absolute atomic E-state index is 13.1. The van der Waals surface area contributed by atoms with Crippen molar-refractivity contribution in [1.29, 1.82) is 5.26 Å². The minimum absolute atomic E-state index is 0.103. The molecule has 0 bridgehead atoms. The van der Waals surface area contributed by atoms with E-state index in [1.54, 1.807) is 12.1 Å². The molecule has 3 amide bonds. The van der Waals surface area contributed by atoms with E-state index in [4.69, 9.17) is 12.6 Å². The maximum Gasteiger partial charge on any atom is 0.314 e. The number of urea groups is 1. The van der Waals surface area contributed by atoms with Crippen molar-refractivity contribution in [3.8, 4) is 23.1 Å². The highest BCUT2D eigenvalue weighted by molar-refractivity contribution is 6.36. The van der Waals surface area contributed by atoms with Crippen LogP contribution < -0.4 is 26.2 Å². The lowest BCUT2D eigenvalue weighted by atomic mass is 9.98. The van der Waals surface area contributed by atoms with Crippen LogP contribution >= 0.6 is 0 Å². The first-order chi connectivity index (χ1) is 18.8. The van der Waals surface area contributed by atoms with E-state index in [0.717, 1.165) is 16.8 Å². The molecule has 0 fully saturated rings. The average Bonchev–Trinajstić information content (AvgIpc) is 3.37. The van der Waals surface area contributed by atoms with E-state index in [-0.39, 0.29) is 30.2 Å². The summed E-state index contributed by atoms with van der Waals surface area (Å²) in [5.74, 6) is 0.0699. The molecule has 1 atom stereocenters. The molecule has 39 heavy (non-hydrogen) atoms. The smallest absolute Gasteiger partial charge is 0.314 e. The fourth-order valence-corrected chi connectivity index (χ4v) is 4.13. The number of pyridine rings is 1. The molecule has 4 rings (SSSR count). The minimum atomic E-state index is -0.409. The predicted octanol–water partition coefficient (Wildman–Crippen LogP) is 2.72. The van der Waals surface area contributed by atoms with Crippen LogP contribution in [0.15, 0.2) is 67.0 Å². The normalized spacial score (nSPS) is 11.6. The van der Waals surface area contributed by atoms with Gasteiger partial charge in [0.1, 0.15) is 25.3 Å². The molecule has 2 heterocycles. The van der Waals surface area contributed by atoms with Gasteiger partial charge in [-0.1, -0.05) is 35.8 Å². The molecular weight excluding hydrogens is 491 g/mol. The predicted molar refractivity (Wildman–Crippen MR) is 150 cm³/mol. The molecule has 0 spiro atoms. The van der Waals surface area contributed by atoms with Gasteiger partial charge in [-0.25, -0.2) is 9.78 Å². The van der Waals surface area contributed by atoms with Crippen LogP contribution in [0.2, 0.25) is 0 Å². The molecule has 0 saturated carbocycles.